The molecule has 5 rings (SSSR count). The molecule has 2 saturated heterocycles. The molecule has 1 spiro atoms. The molecule has 0 aromatic heterocycles. The van der Waals surface area contributed by atoms with E-state index in [0.717, 1.165) is 18.6 Å². The molecule has 1 aliphatic carbocycles. The maximum absolute atomic E-state index is 13.2. The van der Waals surface area contributed by atoms with Crippen molar-refractivity contribution in [2.45, 2.75) is 49.7 Å². The Morgan fingerprint density at radius 3 is 2.52 bits per heavy atom. The van der Waals surface area contributed by atoms with E-state index in [9.17, 15) is 4.79 Å². The Balaban J connectivity index is 1.27. The van der Waals surface area contributed by atoms with E-state index < -0.39 is 5.60 Å². The average Bonchev–Trinajstić information content (AvgIpc) is 3.21. The second-order valence-electron chi connectivity index (χ2n) is 7.57. The molecular weight excluding hydrogens is 340 g/mol. The van der Waals surface area contributed by atoms with E-state index in [1.54, 1.807) is 24.3 Å². The minimum absolute atomic E-state index is 0.0305. The number of rotatable bonds is 3. The van der Waals surface area contributed by atoms with Crippen LogP contribution >= 0.6 is 0 Å². The zero-order valence-corrected chi connectivity index (χ0v) is 14.9. The fraction of sp³-hybridized carbons (Fsp3) is 0.364. The van der Waals surface area contributed by atoms with Crippen LogP contribution in [0, 0.1) is 11.3 Å². The lowest BCUT2D eigenvalue weighted by Gasteiger charge is -2.42. The lowest BCUT2D eigenvalue weighted by molar-refractivity contribution is -0.162. The van der Waals surface area contributed by atoms with Gasteiger partial charge in [0.25, 0.3) is 5.91 Å². The van der Waals surface area contributed by atoms with Crippen molar-refractivity contribution in [1.82, 2.24) is 4.90 Å². The summed E-state index contributed by atoms with van der Waals surface area (Å²) in [6, 6.07) is 19.5. The summed E-state index contributed by atoms with van der Waals surface area (Å²) in [5.74, 6) is 0.834. The van der Waals surface area contributed by atoms with Crippen molar-refractivity contribution in [1.29, 1.82) is 5.26 Å². The third-order valence-corrected chi connectivity index (χ3v) is 5.90. The molecule has 1 saturated carbocycles. The number of amides is 1. The first kappa shape index (κ1) is 16.3. The molecule has 0 bridgehead atoms. The topological polar surface area (TPSA) is 62.6 Å². The SMILES string of the molecule is N#Cc1ccc(OC2CC3(C2)O[C@@H]2CC[C@@H](c4ccccc4)N2C3=O)cc1. The van der Waals surface area contributed by atoms with Gasteiger partial charge in [-0.3, -0.25) is 4.79 Å². The standard InChI is InChI=1S/C22H20N2O3/c23-14-15-6-8-17(9-7-15)26-18-12-22(13-18)21(25)24-19(10-11-20(24)27-22)16-4-2-1-3-5-16/h1-9,18-20H,10-13H2/t18?,19-,20+,22?/m0/s1. The number of carbonyl (C=O) groups is 1. The van der Waals surface area contributed by atoms with Crippen LogP contribution in [0.25, 0.3) is 0 Å². The largest absolute Gasteiger partial charge is 0.490 e. The van der Waals surface area contributed by atoms with Crippen molar-refractivity contribution >= 4 is 5.91 Å². The summed E-state index contributed by atoms with van der Waals surface area (Å²) in [6.07, 6.45) is 2.85. The molecule has 2 heterocycles. The quantitative estimate of drug-likeness (QED) is 0.840. The lowest BCUT2D eigenvalue weighted by Crippen LogP contribution is -2.55. The number of hydrogen-bond donors (Lipinski definition) is 0. The molecule has 2 aliphatic heterocycles. The van der Waals surface area contributed by atoms with E-state index >= 15 is 0 Å². The van der Waals surface area contributed by atoms with Gasteiger partial charge in [-0.1, -0.05) is 30.3 Å². The predicted octanol–water partition coefficient (Wildman–Crippen LogP) is 3.56. The lowest BCUT2D eigenvalue weighted by atomic mass is 9.76. The summed E-state index contributed by atoms with van der Waals surface area (Å²) in [5.41, 5.74) is 1.07. The maximum atomic E-state index is 13.2. The van der Waals surface area contributed by atoms with Gasteiger partial charge in [-0.2, -0.15) is 5.26 Å². The second kappa shape index (κ2) is 6.11. The van der Waals surface area contributed by atoms with E-state index in [1.165, 1.54) is 5.56 Å². The highest BCUT2D eigenvalue weighted by atomic mass is 16.6. The number of benzene rings is 2. The average molecular weight is 360 g/mol. The molecule has 5 nitrogen and oxygen atoms in total. The summed E-state index contributed by atoms with van der Waals surface area (Å²) in [7, 11) is 0. The molecule has 5 heteroatoms. The highest BCUT2D eigenvalue weighted by Crippen LogP contribution is 2.51. The van der Waals surface area contributed by atoms with Crippen molar-refractivity contribution in [2.24, 2.45) is 0 Å². The maximum Gasteiger partial charge on any atom is 0.257 e. The van der Waals surface area contributed by atoms with Gasteiger partial charge in [0.1, 0.15) is 18.1 Å². The van der Waals surface area contributed by atoms with E-state index in [2.05, 4.69) is 18.2 Å². The summed E-state index contributed by atoms with van der Waals surface area (Å²) in [5, 5.41) is 8.87. The van der Waals surface area contributed by atoms with Gasteiger partial charge in [0, 0.05) is 12.8 Å². The molecule has 1 amide bonds. The van der Waals surface area contributed by atoms with Crippen LogP contribution in [0.4, 0.5) is 0 Å². The van der Waals surface area contributed by atoms with Crippen LogP contribution in [0.2, 0.25) is 0 Å². The van der Waals surface area contributed by atoms with Crippen LogP contribution in [0.15, 0.2) is 54.6 Å². The second-order valence-corrected chi connectivity index (χ2v) is 7.57. The highest BCUT2D eigenvalue weighted by Gasteiger charge is 2.63. The smallest absolute Gasteiger partial charge is 0.257 e. The fourth-order valence-corrected chi connectivity index (χ4v) is 4.55. The minimum Gasteiger partial charge on any atom is -0.490 e. The van der Waals surface area contributed by atoms with E-state index in [1.807, 2.05) is 23.1 Å². The molecule has 0 unspecified atom stereocenters. The van der Waals surface area contributed by atoms with Crippen molar-refractivity contribution in [3.63, 3.8) is 0 Å². The van der Waals surface area contributed by atoms with E-state index in [4.69, 9.17) is 14.7 Å². The Morgan fingerprint density at radius 1 is 1.07 bits per heavy atom. The van der Waals surface area contributed by atoms with Gasteiger partial charge in [-0.05, 0) is 42.7 Å². The van der Waals surface area contributed by atoms with Crippen LogP contribution < -0.4 is 4.74 Å². The first-order chi connectivity index (χ1) is 13.2. The number of hydrogen-bond acceptors (Lipinski definition) is 4. The molecule has 136 valence electrons. The zero-order valence-electron chi connectivity index (χ0n) is 14.9. The monoisotopic (exact) mass is 360 g/mol. The van der Waals surface area contributed by atoms with Crippen LogP contribution in [0.1, 0.15) is 42.9 Å². The fourth-order valence-electron chi connectivity index (χ4n) is 4.55. The van der Waals surface area contributed by atoms with Crippen LogP contribution in [0.3, 0.4) is 0 Å². The molecule has 2 atom stereocenters. The zero-order chi connectivity index (χ0) is 18.4. The highest BCUT2D eigenvalue weighted by molar-refractivity contribution is 5.89. The Hall–Kier alpha value is -2.84. The summed E-state index contributed by atoms with van der Waals surface area (Å²) < 4.78 is 12.2. The molecule has 27 heavy (non-hydrogen) atoms. The van der Waals surface area contributed by atoms with Crippen molar-refractivity contribution in [3.8, 4) is 11.8 Å². The molecule has 0 N–H and O–H groups in total. The van der Waals surface area contributed by atoms with Crippen LogP contribution in [0.5, 0.6) is 5.75 Å². The number of fused-ring (bicyclic) bond motifs is 1. The van der Waals surface area contributed by atoms with Gasteiger partial charge < -0.3 is 14.4 Å². The Labute approximate surface area is 158 Å². The molecule has 3 fully saturated rings. The normalized spacial score (nSPS) is 31.4. The molecule has 3 aliphatic rings. The Morgan fingerprint density at radius 2 is 1.81 bits per heavy atom. The van der Waals surface area contributed by atoms with E-state index in [0.29, 0.717) is 18.4 Å². The molecular formula is C22H20N2O3. The first-order valence-corrected chi connectivity index (χ1v) is 9.41. The first-order valence-electron chi connectivity index (χ1n) is 9.41. The molecule has 0 radical (unpaired) electrons. The summed E-state index contributed by atoms with van der Waals surface area (Å²) in [6.45, 7) is 0. The number of ether oxygens (including phenoxy) is 2. The third-order valence-electron chi connectivity index (χ3n) is 5.90. The number of nitriles is 1. The Kier molecular flexibility index (Phi) is 3.70. The van der Waals surface area contributed by atoms with Gasteiger partial charge >= 0.3 is 0 Å². The van der Waals surface area contributed by atoms with Gasteiger partial charge in [-0.15, -0.1) is 0 Å². The van der Waals surface area contributed by atoms with E-state index in [-0.39, 0.29) is 24.3 Å². The third kappa shape index (κ3) is 2.60. The Bertz CT molecular complexity index is 897. The van der Waals surface area contributed by atoms with Crippen LogP contribution in [-0.4, -0.2) is 28.7 Å². The van der Waals surface area contributed by atoms with Crippen molar-refractivity contribution in [2.75, 3.05) is 0 Å². The minimum atomic E-state index is -0.713. The van der Waals surface area contributed by atoms with Gasteiger partial charge in [0.05, 0.1) is 17.7 Å². The van der Waals surface area contributed by atoms with Crippen molar-refractivity contribution in [3.05, 3.63) is 65.7 Å². The van der Waals surface area contributed by atoms with Gasteiger partial charge in [0.15, 0.2) is 5.60 Å². The number of nitrogens with zero attached hydrogens (tertiary/aromatic N) is 2. The van der Waals surface area contributed by atoms with Crippen molar-refractivity contribution < 1.29 is 14.3 Å². The molecule has 2 aromatic rings. The predicted molar refractivity (Wildman–Crippen MR) is 97.7 cm³/mol. The van der Waals surface area contributed by atoms with Crippen LogP contribution in [-0.2, 0) is 9.53 Å². The summed E-state index contributed by atoms with van der Waals surface area (Å²) in [4.78, 5) is 15.1. The molecule has 2 aromatic carbocycles. The van der Waals surface area contributed by atoms with Gasteiger partial charge in [0.2, 0.25) is 0 Å². The number of carbonyl (C=O) groups excluding carboxylic acids is 1. The summed E-state index contributed by atoms with van der Waals surface area (Å²) >= 11 is 0. The van der Waals surface area contributed by atoms with Gasteiger partial charge in [-0.25, -0.2) is 0 Å².